The van der Waals surface area contributed by atoms with E-state index in [2.05, 4.69) is 0 Å². The molecule has 0 saturated carbocycles. The molecule has 0 aliphatic rings. The molecule has 1 atom stereocenters. The number of carbonyl (C=O) groups excluding carboxylic acids is 1. The Morgan fingerprint density at radius 1 is 0.950 bits per heavy atom. The van der Waals surface area contributed by atoms with Crippen LogP contribution in [-0.4, -0.2) is 56.9 Å². The van der Waals surface area contributed by atoms with Gasteiger partial charge in [0.15, 0.2) is 11.5 Å². The molecule has 0 aliphatic carbocycles. The van der Waals surface area contributed by atoms with E-state index in [4.69, 9.17) is 13.9 Å². The van der Waals surface area contributed by atoms with Gasteiger partial charge in [0, 0.05) is 18.0 Å². The fourth-order valence-electron chi connectivity index (χ4n) is 4.64. The van der Waals surface area contributed by atoms with Gasteiger partial charge in [0.05, 0.1) is 38.5 Å². The van der Waals surface area contributed by atoms with E-state index in [0.717, 1.165) is 10.9 Å². The van der Waals surface area contributed by atoms with Crippen LogP contribution in [0.25, 0.3) is 10.8 Å². The molecule has 4 aromatic rings. The summed E-state index contributed by atoms with van der Waals surface area (Å²) in [6.45, 7) is 4.04. The van der Waals surface area contributed by atoms with E-state index < -0.39 is 10.0 Å². The Labute approximate surface area is 236 Å². The Balaban J connectivity index is 1.62. The minimum atomic E-state index is -3.98. The molecule has 0 aliphatic heterocycles. The van der Waals surface area contributed by atoms with E-state index in [1.807, 2.05) is 56.3 Å². The van der Waals surface area contributed by atoms with Crippen molar-refractivity contribution in [2.24, 2.45) is 0 Å². The summed E-state index contributed by atoms with van der Waals surface area (Å²) in [6, 6.07) is 21.4. The molecular weight excluding hydrogens is 528 g/mol. The van der Waals surface area contributed by atoms with Crippen LogP contribution in [-0.2, 0) is 27.8 Å². The van der Waals surface area contributed by atoms with Crippen LogP contribution in [0.3, 0.4) is 0 Å². The van der Waals surface area contributed by atoms with Gasteiger partial charge in [0.25, 0.3) is 0 Å². The Bertz CT molecular complexity index is 1530. The number of sulfonamides is 1. The van der Waals surface area contributed by atoms with Crippen molar-refractivity contribution in [1.29, 1.82) is 0 Å². The molecule has 212 valence electrons. The first kappa shape index (κ1) is 29.2. The topological polar surface area (TPSA) is 89.3 Å². The Kier molecular flexibility index (Phi) is 9.50. The number of amides is 1. The summed E-state index contributed by atoms with van der Waals surface area (Å²) in [5.74, 6) is 1.54. The third-order valence-corrected chi connectivity index (χ3v) is 9.13. The average molecular weight is 565 g/mol. The predicted molar refractivity (Wildman–Crippen MR) is 155 cm³/mol. The van der Waals surface area contributed by atoms with Crippen molar-refractivity contribution in [3.63, 3.8) is 0 Å². The highest BCUT2D eigenvalue weighted by Gasteiger charge is 2.33. The Morgan fingerprint density at radius 3 is 2.40 bits per heavy atom. The van der Waals surface area contributed by atoms with Gasteiger partial charge in [-0.2, -0.15) is 4.31 Å². The molecule has 1 unspecified atom stereocenters. The lowest BCUT2D eigenvalue weighted by atomic mass is 10.1. The molecule has 3 aromatic carbocycles. The molecule has 4 rings (SSSR count). The number of ether oxygens (including phenoxy) is 2. The van der Waals surface area contributed by atoms with Crippen LogP contribution in [0, 0.1) is 0 Å². The number of hydrogen-bond donors (Lipinski definition) is 0. The van der Waals surface area contributed by atoms with Crippen LogP contribution >= 0.6 is 0 Å². The molecule has 40 heavy (non-hydrogen) atoms. The number of benzene rings is 3. The predicted octanol–water partition coefficient (Wildman–Crippen LogP) is 5.51. The summed E-state index contributed by atoms with van der Waals surface area (Å²) in [5.41, 5.74) is 0.956. The van der Waals surface area contributed by atoms with E-state index in [0.29, 0.717) is 42.0 Å². The summed E-state index contributed by atoms with van der Waals surface area (Å²) in [5, 5.41) is 1.46. The normalized spacial score (nSPS) is 12.4. The van der Waals surface area contributed by atoms with Gasteiger partial charge in [0.1, 0.15) is 5.76 Å². The second-order valence-electron chi connectivity index (χ2n) is 9.62. The van der Waals surface area contributed by atoms with E-state index in [1.54, 1.807) is 55.7 Å². The van der Waals surface area contributed by atoms with Crippen LogP contribution < -0.4 is 9.47 Å². The van der Waals surface area contributed by atoms with Crippen molar-refractivity contribution in [2.45, 2.75) is 44.2 Å². The van der Waals surface area contributed by atoms with Crippen molar-refractivity contribution >= 4 is 26.7 Å². The molecule has 8 nitrogen and oxygen atoms in total. The molecule has 1 heterocycles. The molecule has 0 saturated heterocycles. The van der Waals surface area contributed by atoms with Gasteiger partial charge in [0.2, 0.25) is 15.9 Å². The number of hydrogen-bond acceptors (Lipinski definition) is 6. The van der Waals surface area contributed by atoms with Gasteiger partial charge in [-0.15, -0.1) is 0 Å². The largest absolute Gasteiger partial charge is 0.493 e. The number of nitrogens with zero attached hydrogens (tertiary/aromatic N) is 2. The quantitative estimate of drug-likeness (QED) is 0.213. The lowest BCUT2D eigenvalue weighted by Crippen LogP contribution is -2.46. The summed E-state index contributed by atoms with van der Waals surface area (Å²) in [6.07, 6.45) is 2.65. The Hall–Kier alpha value is -3.82. The van der Waals surface area contributed by atoms with Gasteiger partial charge >= 0.3 is 0 Å². The number of carbonyl (C=O) groups is 1. The second kappa shape index (κ2) is 13.0. The van der Waals surface area contributed by atoms with Crippen LogP contribution in [0.2, 0.25) is 0 Å². The zero-order valence-electron chi connectivity index (χ0n) is 23.4. The lowest BCUT2D eigenvalue weighted by molar-refractivity contribution is -0.132. The number of furan rings is 1. The molecule has 0 spiro atoms. The van der Waals surface area contributed by atoms with E-state index in [9.17, 15) is 13.2 Å². The summed E-state index contributed by atoms with van der Waals surface area (Å²) < 4.78 is 45.7. The van der Waals surface area contributed by atoms with Crippen molar-refractivity contribution < 1.29 is 27.1 Å². The third-order valence-electron chi connectivity index (χ3n) is 7.11. The zero-order valence-corrected chi connectivity index (χ0v) is 24.2. The molecule has 9 heteroatoms. The summed E-state index contributed by atoms with van der Waals surface area (Å²) >= 11 is 0. The van der Waals surface area contributed by atoms with Gasteiger partial charge in [-0.05, 0) is 61.0 Å². The number of methoxy groups -OCH3 is 2. The number of fused-ring (bicyclic) bond motifs is 1. The zero-order chi connectivity index (χ0) is 28.7. The van der Waals surface area contributed by atoms with E-state index in [-0.39, 0.29) is 29.9 Å². The highest BCUT2D eigenvalue weighted by molar-refractivity contribution is 7.89. The molecule has 0 N–H and O–H groups in total. The van der Waals surface area contributed by atoms with Crippen LogP contribution in [0.5, 0.6) is 11.5 Å². The first-order valence-electron chi connectivity index (χ1n) is 13.3. The van der Waals surface area contributed by atoms with Crippen molar-refractivity contribution in [3.05, 3.63) is 90.4 Å². The first-order chi connectivity index (χ1) is 19.3. The SMILES string of the molecule is CCC(C)N(CC(=O)N(CCc1ccc(OC)c(OC)c1)Cc1ccco1)S(=O)(=O)c1cccc2ccccc12. The van der Waals surface area contributed by atoms with Crippen molar-refractivity contribution in [3.8, 4) is 11.5 Å². The standard InChI is InChI=1S/C31H36N2O6S/c1-5-23(2)33(40(35,36)30-14-8-11-25-10-6-7-13-27(25)30)22-31(34)32(21-26-12-9-19-39-26)18-17-24-15-16-28(37-3)29(20-24)38-4/h6-16,19-20,23H,5,17-18,21-22H2,1-4H3. The van der Waals surface area contributed by atoms with Gasteiger partial charge in [-0.25, -0.2) is 8.42 Å². The van der Waals surface area contributed by atoms with Crippen LogP contribution in [0.15, 0.2) is 88.4 Å². The Morgan fingerprint density at radius 2 is 1.70 bits per heavy atom. The van der Waals surface area contributed by atoms with Gasteiger partial charge in [-0.1, -0.05) is 49.4 Å². The monoisotopic (exact) mass is 564 g/mol. The minimum Gasteiger partial charge on any atom is -0.493 e. The van der Waals surface area contributed by atoms with Crippen LogP contribution in [0.1, 0.15) is 31.6 Å². The van der Waals surface area contributed by atoms with Gasteiger partial charge < -0.3 is 18.8 Å². The maximum absolute atomic E-state index is 14.0. The molecule has 1 aromatic heterocycles. The van der Waals surface area contributed by atoms with Crippen LogP contribution in [0.4, 0.5) is 0 Å². The fourth-order valence-corrected chi connectivity index (χ4v) is 6.51. The van der Waals surface area contributed by atoms with Crippen molar-refractivity contribution in [1.82, 2.24) is 9.21 Å². The molecule has 0 radical (unpaired) electrons. The molecule has 0 bridgehead atoms. The maximum Gasteiger partial charge on any atom is 0.244 e. The molecular formula is C31H36N2O6S. The second-order valence-corrected chi connectivity index (χ2v) is 11.5. The first-order valence-corrected chi connectivity index (χ1v) is 14.7. The smallest absolute Gasteiger partial charge is 0.244 e. The van der Waals surface area contributed by atoms with E-state index >= 15 is 0 Å². The lowest BCUT2D eigenvalue weighted by Gasteiger charge is -2.30. The molecule has 0 fully saturated rings. The number of rotatable bonds is 13. The van der Waals surface area contributed by atoms with E-state index in [1.165, 1.54) is 4.31 Å². The van der Waals surface area contributed by atoms with Crippen molar-refractivity contribution in [2.75, 3.05) is 27.3 Å². The average Bonchev–Trinajstić information content (AvgIpc) is 3.50. The minimum absolute atomic E-state index is 0.196. The fraction of sp³-hybridized carbons (Fsp3) is 0.323. The third kappa shape index (κ3) is 6.48. The highest BCUT2D eigenvalue weighted by atomic mass is 32.2. The highest BCUT2D eigenvalue weighted by Crippen LogP contribution is 2.29. The molecule has 1 amide bonds. The summed E-state index contributed by atoms with van der Waals surface area (Å²) in [4.78, 5) is 15.7. The van der Waals surface area contributed by atoms with Gasteiger partial charge in [-0.3, -0.25) is 4.79 Å². The maximum atomic E-state index is 14.0. The summed E-state index contributed by atoms with van der Waals surface area (Å²) in [7, 11) is -0.824.